The van der Waals surface area contributed by atoms with Gasteiger partial charge in [-0.1, -0.05) is 35.3 Å². The Hall–Kier alpha value is -1.18. The molecule has 1 saturated heterocycles. The summed E-state index contributed by atoms with van der Waals surface area (Å²) in [6, 6.07) is 9.07. The molecular formula is C19H20Cl2FNO3S. The Balaban J connectivity index is 1.89. The van der Waals surface area contributed by atoms with Gasteiger partial charge in [-0.05, 0) is 55.2 Å². The van der Waals surface area contributed by atoms with Crippen molar-refractivity contribution in [2.45, 2.75) is 30.1 Å². The van der Waals surface area contributed by atoms with Gasteiger partial charge in [-0.2, -0.15) is 0 Å². The number of rotatable bonds is 5. The normalized spacial score (nSPS) is 17.0. The third kappa shape index (κ3) is 4.46. The maximum absolute atomic E-state index is 13.3. The van der Waals surface area contributed by atoms with Gasteiger partial charge in [-0.3, -0.25) is 0 Å². The highest BCUT2D eigenvalue weighted by Crippen LogP contribution is 2.35. The molecule has 4 nitrogen and oxygen atoms in total. The Morgan fingerprint density at radius 1 is 1.11 bits per heavy atom. The third-order valence-corrected chi connectivity index (χ3v) is 7.28. The fraction of sp³-hybridized carbons (Fsp3) is 0.368. The Morgan fingerprint density at radius 3 is 2.37 bits per heavy atom. The van der Waals surface area contributed by atoms with Crippen molar-refractivity contribution in [2.24, 2.45) is 0 Å². The molecule has 1 N–H and O–H groups in total. The second-order valence-corrected chi connectivity index (χ2v) is 9.31. The molecular weight excluding hydrogens is 412 g/mol. The van der Waals surface area contributed by atoms with Crippen molar-refractivity contribution in [1.82, 2.24) is 4.72 Å². The van der Waals surface area contributed by atoms with Gasteiger partial charge in [0.05, 0.1) is 5.02 Å². The molecule has 0 atom stereocenters. The monoisotopic (exact) mass is 431 g/mol. The van der Waals surface area contributed by atoms with Gasteiger partial charge in [0, 0.05) is 30.2 Å². The summed E-state index contributed by atoms with van der Waals surface area (Å²) in [4.78, 5) is -0.00705. The Kier molecular flexibility index (Phi) is 6.13. The van der Waals surface area contributed by atoms with Crippen LogP contribution in [0.5, 0.6) is 0 Å². The number of hydrogen-bond donors (Lipinski definition) is 1. The number of ether oxygens (including phenoxy) is 1. The van der Waals surface area contributed by atoms with Gasteiger partial charge in [0.15, 0.2) is 0 Å². The van der Waals surface area contributed by atoms with Gasteiger partial charge < -0.3 is 4.74 Å². The number of nitrogens with one attached hydrogen (secondary N) is 1. The zero-order chi connectivity index (χ0) is 19.7. The molecule has 2 aromatic carbocycles. The molecule has 3 rings (SSSR count). The van der Waals surface area contributed by atoms with E-state index in [9.17, 15) is 12.8 Å². The van der Waals surface area contributed by atoms with E-state index >= 15 is 0 Å². The van der Waals surface area contributed by atoms with Gasteiger partial charge in [-0.15, -0.1) is 0 Å². The summed E-state index contributed by atoms with van der Waals surface area (Å²) < 4.78 is 47.2. The number of sulfonamides is 1. The summed E-state index contributed by atoms with van der Waals surface area (Å²) in [6.45, 7) is 2.91. The molecule has 0 aromatic heterocycles. The molecule has 1 fully saturated rings. The summed E-state index contributed by atoms with van der Waals surface area (Å²) in [5, 5.41) is 0.479. The maximum Gasteiger partial charge on any atom is 0.242 e. The van der Waals surface area contributed by atoms with Crippen LogP contribution in [0, 0.1) is 12.7 Å². The van der Waals surface area contributed by atoms with Crippen LogP contribution in [0.3, 0.4) is 0 Å². The Morgan fingerprint density at radius 2 is 1.74 bits per heavy atom. The number of halogens is 3. The van der Waals surface area contributed by atoms with Crippen molar-refractivity contribution in [3.8, 4) is 0 Å². The van der Waals surface area contributed by atoms with Gasteiger partial charge in [-0.25, -0.2) is 17.5 Å². The molecule has 146 valence electrons. The van der Waals surface area contributed by atoms with E-state index in [1.165, 1.54) is 24.3 Å². The molecule has 27 heavy (non-hydrogen) atoms. The summed E-state index contributed by atoms with van der Waals surface area (Å²) in [5.74, 6) is -0.329. The molecule has 8 heteroatoms. The second-order valence-electron chi connectivity index (χ2n) is 6.76. The zero-order valence-corrected chi connectivity index (χ0v) is 17.1. The lowest BCUT2D eigenvalue weighted by Gasteiger charge is -2.38. The average molecular weight is 432 g/mol. The largest absolute Gasteiger partial charge is 0.381 e. The van der Waals surface area contributed by atoms with Crippen molar-refractivity contribution in [3.05, 3.63) is 63.4 Å². The molecule has 0 unspecified atom stereocenters. The quantitative estimate of drug-likeness (QED) is 0.759. The predicted molar refractivity (Wildman–Crippen MR) is 105 cm³/mol. The van der Waals surface area contributed by atoms with Crippen molar-refractivity contribution < 1.29 is 17.5 Å². The van der Waals surface area contributed by atoms with E-state index in [4.69, 9.17) is 27.9 Å². The molecule has 0 aliphatic carbocycles. The molecule has 1 aliphatic rings. The molecule has 0 bridgehead atoms. The SMILES string of the molecule is Cc1cc(S(=O)(=O)NCC2(c3ccc(F)cc3)CCOCC2)c(Cl)cc1Cl. The lowest BCUT2D eigenvalue weighted by atomic mass is 9.74. The fourth-order valence-corrected chi connectivity index (χ4v) is 5.24. The fourth-order valence-electron chi connectivity index (χ4n) is 3.28. The molecule has 2 aromatic rings. The highest BCUT2D eigenvalue weighted by molar-refractivity contribution is 7.89. The Labute approximate surface area is 168 Å². The summed E-state index contributed by atoms with van der Waals surface area (Å²) in [7, 11) is -3.84. The second kappa shape index (κ2) is 8.05. The van der Waals surface area contributed by atoms with E-state index in [1.807, 2.05) is 0 Å². The molecule has 0 radical (unpaired) electrons. The van der Waals surface area contributed by atoms with Crippen molar-refractivity contribution in [3.63, 3.8) is 0 Å². The first-order valence-electron chi connectivity index (χ1n) is 8.53. The van der Waals surface area contributed by atoms with E-state index in [-0.39, 0.29) is 22.3 Å². The van der Waals surface area contributed by atoms with E-state index in [0.717, 1.165) is 5.56 Å². The smallest absolute Gasteiger partial charge is 0.242 e. The van der Waals surface area contributed by atoms with Gasteiger partial charge in [0.2, 0.25) is 10.0 Å². The van der Waals surface area contributed by atoms with Crippen LogP contribution in [-0.4, -0.2) is 28.2 Å². The van der Waals surface area contributed by atoms with Crippen LogP contribution in [-0.2, 0) is 20.2 Å². The van der Waals surface area contributed by atoms with Gasteiger partial charge in [0.25, 0.3) is 0 Å². The van der Waals surface area contributed by atoms with Gasteiger partial charge in [0.1, 0.15) is 10.7 Å². The maximum atomic E-state index is 13.3. The summed E-state index contributed by atoms with van der Waals surface area (Å²) in [5.41, 5.74) is 1.04. The highest BCUT2D eigenvalue weighted by atomic mass is 35.5. The first kappa shape index (κ1) is 20.6. The number of aryl methyl sites for hydroxylation is 1. The van der Waals surface area contributed by atoms with Crippen LogP contribution in [0.25, 0.3) is 0 Å². The van der Waals surface area contributed by atoms with E-state index in [0.29, 0.717) is 36.6 Å². The molecule has 0 spiro atoms. The van der Waals surface area contributed by atoms with Crippen molar-refractivity contribution >= 4 is 33.2 Å². The Bertz CT molecular complexity index is 927. The van der Waals surface area contributed by atoms with Crippen LogP contribution < -0.4 is 4.72 Å². The van der Waals surface area contributed by atoms with Crippen LogP contribution in [0.4, 0.5) is 4.39 Å². The van der Waals surface area contributed by atoms with E-state index < -0.39 is 15.4 Å². The highest BCUT2D eigenvalue weighted by Gasteiger charge is 2.36. The predicted octanol–water partition coefficient (Wildman–Crippen LogP) is 4.47. The standard InChI is InChI=1S/C19H20Cl2FNO3S/c1-13-10-18(17(21)11-16(13)20)27(24,25)23-12-19(6-8-26-9-7-19)14-2-4-15(22)5-3-14/h2-5,10-11,23H,6-9,12H2,1H3. The zero-order valence-electron chi connectivity index (χ0n) is 14.8. The van der Waals surface area contributed by atoms with E-state index in [1.54, 1.807) is 19.1 Å². The van der Waals surface area contributed by atoms with Crippen molar-refractivity contribution in [1.29, 1.82) is 0 Å². The third-order valence-electron chi connectivity index (χ3n) is 5.01. The van der Waals surface area contributed by atoms with Crippen LogP contribution >= 0.6 is 23.2 Å². The van der Waals surface area contributed by atoms with Crippen molar-refractivity contribution in [2.75, 3.05) is 19.8 Å². The summed E-state index contributed by atoms with van der Waals surface area (Å²) >= 11 is 12.1. The lowest BCUT2D eigenvalue weighted by molar-refractivity contribution is 0.0517. The lowest BCUT2D eigenvalue weighted by Crippen LogP contribution is -2.44. The minimum absolute atomic E-state index is 0.00705. The van der Waals surface area contributed by atoms with E-state index in [2.05, 4.69) is 4.72 Å². The number of hydrogen-bond acceptors (Lipinski definition) is 3. The molecule has 1 heterocycles. The molecule has 0 amide bonds. The molecule has 1 aliphatic heterocycles. The average Bonchev–Trinajstić information content (AvgIpc) is 2.64. The molecule has 0 saturated carbocycles. The minimum Gasteiger partial charge on any atom is -0.381 e. The first-order chi connectivity index (χ1) is 12.7. The first-order valence-corrected chi connectivity index (χ1v) is 10.8. The number of benzene rings is 2. The van der Waals surface area contributed by atoms with Crippen LogP contribution in [0.2, 0.25) is 10.0 Å². The van der Waals surface area contributed by atoms with Crippen LogP contribution in [0.15, 0.2) is 41.3 Å². The van der Waals surface area contributed by atoms with Crippen LogP contribution in [0.1, 0.15) is 24.0 Å². The topological polar surface area (TPSA) is 55.4 Å². The summed E-state index contributed by atoms with van der Waals surface area (Å²) in [6.07, 6.45) is 1.27. The van der Waals surface area contributed by atoms with Gasteiger partial charge >= 0.3 is 0 Å². The minimum atomic E-state index is -3.84.